The van der Waals surface area contributed by atoms with Crippen LogP contribution in [-0.2, 0) is 4.74 Å². The Labute approximate surface area is 177 Å². The van der Waals surface area contributed by atoms with Crippen molar-refractivity contribution in [2.24, 2.45) is 0 Å². The maximum Gasteiger partial charge on any atom is 0.416 e. The summed E-state index contributed by atoms with van der Waals surface area (Å²) in [4.78, 5) is 33.8. The molecule has 1 atom stereocenters. The lowest BCUT2D eigenvalue weighted by Crippen LogP contribution is -2.38. The molecule has 1 saturated heterocycles. The second-order valence-electron chi connectivity index (χ2n) is 9.05. The van der Waals surface area contributed by atoms with Gasteiger partial charge in [0.25, 0.3) is 5.91 Å². The van der Waals surface area contributed by atoms with Gasteiger partial charge >= 0.3 is 6.09 Å². The molecule has 0 radical (unpaired) electrons. The van der Waals surface area contributed by atoms with Crippen molar-refractivity contribution in [3.05, 3.63) is 59.8 Å². The molecule has 2 aromatic rings. The van der Waals surface area contributed by atoms with Crippen molar-refractivity contribution in [1.82, 2.24) is 9.88 Å². The van der Waals surface area contributed by atoms with Crippen molar-refractivity contribution >= 4 is 17.8 Å². The minimum atomic E-state index is -0.549. The van der Waals surface area contributed by atoms with E-state index in [0.717, 1.165) is 37.8 Å². The van der Waals surface area contributed by atoms with Crippen LogP contribution in [0, 0.1) is 0 Å². The third-order valence-electron chi connectivity index (χ3n) is 5.44. The standard InChI is InChI=1S/C24H29N3O3/c1-24(2,3)30-23(29)27(19-12-13-19)21-14-11-18(16-25-21)20-10-7-15-26(20)22(28)17-8-5-4-6-9-17/h4-6,8-9,11,14,16,19-20H,7,10,12-13,15H2,1-3H3. The fourth-order valence-corrected chi connectivity index (χ4v) is 3.91. The van der Waals surface area contributed by atoms with Gasteiger partial charge in [0.1, 0.15) is 11.4 Å². The molecule has 1 saturated carbocycles. The first-order chi connectivity index (χ1) is 14.3. The number of likely N-dealkylation sites (tertiary alicyclic amines) is 1. The fourth-order valence-electron chi connectivity index (χ4n) is 3.91. The molecule has 2 fully saturated rings. The molecule has 2 aliphatic rings. The maximum absolute atomic E-state index is 13.0. The van der Waals surface area contributed by atoms with E-state index < -0.39 is 5.60 Å². The molecule has 2 heterocycles. The number of nitrogens with zero attached hydrogens (tertiary/aromatic N) is 3. The van der Waals surface area contributed by atoms with Crippen LogP contribution >= 0.6 is 0 Å². The number of ether oxygens (including phenoxy) is 1. The van der Waals surface area contributed by atoms with Gasteiger partial charge in [-0.1, -0.05) is 24.3 Å². The van der Waals surface area contributed by atoms with Gasteiger partial charge in [-0.3, -0.25) is 9.69 Å². The van der Waals surface area contributed by atoms with Crippen molar-refractivity contribution in [2.75, 3.05) is 11.4 Å². The highest BCUT2D eigenvalue weighted by molar-refractivity contribution is 5.94. The Morgan fingerprint density at radius 1 is 1.07 bits per heavy atom. The lowest BCUT2D eigenvalue weighted by atomic mass is 10.1. The van der Waals surface area contributed by atoms with Crippen LogP contribution in [0.1, 0.15) is 68.4 Å². The quantitative estimate of drug-likeness (QED) is 0.718. The van der Waals surface area contributed by atoms with Gasteiger partial charge < -0.3 is 9.64 Å². The third-order valence-corrected chi connectivity index (χ3v) is 5.44. The van der Waals surface area contributed by atoms with Gasteiger partial charge in [0.15, 0.2) is 0 Å². The molecule has 0 spiro atoms. The van der Waals surface area contributed by atoms with Gasteiger partial charge in [-0.25, -0.2) is 9.78 Å². The highest BCUT2D eigenvalue weighted by Crippen LogP contribution is 2.35. The van der Waals surface area contributed by atoms with E-state index in [1.807, 2.05) is 68.1 Å². The van der Waals surface area contributed by atoms with Crippen LogP contribution in [-0.4, -0.2) is 40.1 Å². The average molecular weight is 408 g/mol. The van der Waals surface area contributed by atoms with Gasteiger partial charge in [-0.05, 0) is 70.2 Å². The predicted molar refractivity (Wildman–Crippen MR) is 115 cm³/mol. The lowest BCUT2D eigenvalue weighted by molar-refractivity contribution is 0.0576. The zero-order chi connectivity index (χ0) is 21.3. The first-order valence-corrected chi connectivity index (χ1v) is 10.7. The Morgan fingerprint density at radius 2 is 1.80 bits per heavy atom. The van der Waals surface area contributed by atoms with Crippen LogP contribution in [0.4, 0.5) is 10.6 Å². The summed E-state index contributed by atoms with van der Waals surface area (Å²) in [6.07, 6.45) is 5.26. The number of hydrogen-bond donors (Lipinski definition) is 0. The van der Waals surface area contributed by atoms with E-state index in [9.17, 15) is 9.59 Å². The molecule has 1 aromatic carbocycles. The fraction of sp³-hybridized carbons (Fsp3) is 0.458. The molecular formula is C24H29N3O3. The first-order valence-electron chi connectivity index (χ1n) is 10.7. The van der Waals surface area contributed by atoms with Gasteiger partial charge in [-0.15, -0.1) is 0 Å². The zero-order valence-electron chi connectivity index (χ0n) is 17.9. The van der Waals surface area contributed by atoms with E-state index in [2.05, 4.69) is 4.98 Å². The first kappa shape index (κ1) is 20.4. The number of aromatic nitrogens is 1. The minimum absolute atomic E-state index is 0.00941. The van der Waals surface area contributed by atoms with Crippen molar-refractivity contribution in [3.8, 4) is 0 Å². The summed E-state index contributed by atoms with van der Waals surface area (Å²) in [7, 11) is 0. The summed E-state index contributed by atoms with van der Waals surface area (Å²) in [5.74, 6) is 0.657. The Bertz CT molecular complexity index is 902. The van der Waals surface area contributed by atoms with E-state index in [1.54, 1.807) is 11.1 Å². The highest BCUT2D eigenvalue weighted by Gasteiger charge is 2.37. The Kier molecular flexibility index (Phi) is 5.50. The molecule has 2 amide bonds. The second kappa shape index (κ2) is 8.09. The van der Waals surface area contributed by atoms with Crippen LogP contribution in [0.2, 0.25) is 0 Å². The molecule has 4 rings (SSSR count). The van der Waals surface area contributed by atoms with Crippen molar-refractivity contribution < 1.29 is 14.3 Å². The summed E-state index contributed by atoms with van der Waals surface area (Å²) >= 11 is 0. The van der Waals surface area contributed by atoms with E-state index in [0.29, 0.717) is 11.4 Å². The average Bonchev–Trinajstić information content (AvgIpc) is 3.42. The summed E-state index contributed by atoms with van der Waals surface area (Å²) in [5.41, 5.74) is 1.16. The van der Waals surface area contributed by atoms with Gasteiger partial charge in [0.05, 0.1) is 6.04 Å². The number of rotatable bonds is 4. The third kappa shape index (κ3) is 4.48. The van der Waals surface area contributed by atoms with E-state index in [1.165, 1.54) is 0 Å². The van der Waals surface area contributed by atoms with E-state index >= 15 is 0 Å². The predicted octanol–water partition coefficient (Wildman–Crippen LogP) is 4.96. The molecular weight excluding hydrogens is 378 g/mol. The van der Waals surface area contributed by atoms with Crippen molar-refractivity contribution in [2.45, 2.75) is 64.1 Å². The monoisotopic (exact) mass is 407 g/mol. The van der Waals surface area contributed by atoms with Gasteiger partial charge in [-0.2, -0.15) is 0 Å². The maximum atomic E-state index is 13.0. The number of amides is 2. The van der Waals surface area contributed by atoms with Crippen molar-refractivity contribution in [1.29, 1.82) is 0 Å². The minimum Gasteiger partial charge on any atom is -0.443 e. The smallest absolute Gasteiger partial charge is 0.416 e. The summed E-state index contributed by atoms with van der Waals surface area (Å²) in [6, 6.07) is 13.4. The molecule has 30 heavy (non-hydrogen) atoms. The summed E-state index contributed by atoms with van der Waals surface area (Å²) < 4.78 is 5.58. The number of pyridine rings is 1. The number of carbonyl (C=O) groups is 2. The zero-order valence-corrected chi connectivity index (χ0v) is 17.9. The molecule has 158 valence electrons. The molecule has 6 heteroatoms. The van der Waals surface area contributed by atoms with Gasteiger partial charge in [0, 0.05) is 24.3 Å². The van der Waals surface area contributed by atoms with Crippen molar-refractivity contribution in [3.63, 3.8) is 0 Å². The Hall–Kier alpha value is -2.89. The lowest BCUT2D eigenvalue weighted by Gasteiger charge is -2.28. The number of carbonyl (C=O) groups excluding carboxylic acids is 2. The van der Waals surface area contributed by atoms with Crippen LogP contribution < -0.4 is 4.90 Å². The largest absolute Gasteiger partial charge is 0.443 e. The Balaban J connectivity index is 1.52. The normalized spacial score (nSPS) is 18.9. The second-order valence-corrected chi connectivity index (χ2v) is 9.05. The molecule has 1 aliphatic carbocycles. The topological polar surface area (TPSA) is 62.7 Å². The summed E-state index contributed by atoms with van der Waals surface area (Å²) in [5, 5.41) is 0. The molecule has 1 aliphatic heterocycles. The molecule has 1 unspecified atom stereocenters. The number of benzene rings is 1. The molecule has 0 bridgehead atoms. The van der Waals surface area contributed by atoms with Crippen LogP contribution in [0.15, 0.2) is 48.7 Å². The van der Waals surface area contributed by atoms with E-state index in [-0.39, 0.29) is 24.1 Å². The van der Waals surface area contributed by atoms with Crippen LogP contribution in [0.5, 0.6) is 0 Å². The van der Waals surface area contributed by atoms with E-state index in [4.69, 9.17) is 4.74 Å². The van der Waals surface area contributed by atoms with Crippen LogP contribution in [0.25, 0.3) is 0 Å². The molecule has 0 N–H and O–H groups in total. The molecule has 6 nitrogen and oxygen atoms in total. The highest BCUT2D eigenvalue weighted by atomic mass is 16.6. The Morgan fingerprint density at radius 3 is 2.40 bits per heavy atom. The van der Waals surface area contributed by atoms with Crippen LogP contribution in [0.3, 0.4) is 0 Å². The molecule has 1 aromatic heterocycles. The SMILES string of the molecule is CC(C)(C)OC(=O)N(c1ccc(C2CCCN2C(=O)c2ccccc2)cn1)C1CC1. The number of anilines is 1. The summed E-state index contributed by atoms with van der Waals surface area (Å²) in [6.45, 7) is 6.34. The van der Waals surface area contributed by atoms with Gasteiger partial charge in [0.2, 0.25) is 0 Å². The number of hydrogen-bond acceptors (Lipinski definition) is 4.